The minimum absolute atomic E-state index is 0.0353. The highest BCUT2D eigenvalue weighted by Crippen LogP contribution is 2.44. The molecule has 2 unspecified atom stereocenters. The van der Waals surface area contributed by atoms with E-state index in [1.807, 2.05) is 17.0 Å². The second-order valence-electron chi connectivity index (χ2n) is 12.3. The number of methoxy groups -OCH3 is 1. The molecule has 260 valence electrons. The van der Waals surface area contributed by atoms with Crippen LogP contribution in [-0.4, -0.2) is 82.0 Å². The van der Waals surface area contributed by atoms with Crippen LogP contribution < -0.4 is 10.6 Å². The topological polar surface area (TPSA) is 157 Å². The Morgan fingerprint density at radius 2 is 2.02 bits per heavy atom. The maximum atomic E-state index is 14.2. The Morgan fingerprint density at radius 1 is 1.24 bits per heavy atom. The van der Waals surface area contributed by atoms with Crippen LogP contribution in [-0.2, 0) is 30.0 Å². The van der Waals surface area contributed by atoms with Gasteiger partial charge in [-0.3, -0.25) is 14.7 Å². The van der Waals surface area contributed by atoms with Crippen LogP contribution in [0.1, 0.15) is 44.2 Å². The Kier molecular flexibility index (Phi) is 11.0. The summed E-state index contributed by atoms with van der Waals surface area (Å²) < 4.78 is 25.2. The number of hydrogen-bond donors (Lipinski definition) is 4. The molecule has 1 aliphatic heterocycles. The molecule has 6 rings (SSSR count). The molecular weight excluding hydrogens is 686 g/mol. The number of pyridine rings is 1. The maximum Gasteiger partial charge on any atom is 0.271 e. The smallest absolute Gasteiger partial charge is 0.271 e. The third kappa shape index (κ3) is 7.17. The van der Waals surface area contributed by atoms with E-state index >= 15 is 0 Å². The van der Waals surface area contributed by atoms with Crippen LogP contribution in [0.5, 0.6) is 0 Å². The fraction of sp³-hybridized carbons (Fsp3) is 0.333. The van der Waals surface area contributed by atoms with Crippen molar-refractivity contribution in [1.82, 2.24) is 25.5 Å². The van der Waals surface area contributed by atoms with E-state index in [4.69, 9.17) is 37.3 Å². The van der Waals surface area contributed by atoms with E-state index in [2.05, 4.69) is 21.7 Å². The van der Waals surface area contributed by atoms with Gasteiger partial charge in [0.2, 0.25) is 5.89 Å². The normalized spacial score (nSPS) is 19.4. The number of nitrogens with zero attached hydrogens (tertiary/aromatic N) is 4. The van der Waals surface area contributed by atoms with Gasteiger partial charge in [0.25, 0.3) is 5.91 Å². The molecule has 1 amide bonds. The van der Waals surface area contributed by atoms with E-state index in [1.165, 1.54) is 13.3 Å². The van der Waals surface area contributed by atoms with Crippen molar-refractivity contribution in [2.45, 2.75) is 42.8 Å². The molecule has 2 aromatic carbocycles. The number of aromatic nitrogens is 2. The van der Waals surface area contributed by atoms with E-state index < -0.39 is 29.0 Å². The van der Waals surface area contributed by atoms with Crippen molar-refractivity contribution in [3.05, 3.63) is 111 Å². The van der Waals surface area contributed by atoms with Gasteiger partial charge in [-0.2, -0.15) is 5.26 Å². The fourth-order valence-corrected chi connectivity index (χ4v) is 6.76. The molecule has 2 aliphatic rings. The Bertz CT molecular complexity index is 1990. The standard InChI is InChI=1S/C36H35Cl2FN6O5/c1-49-20-23-11-31(42-14-24(23)13-41-26(18-46)19-47)34(48)44-36(8-4-6-28(33(36)38)27-5-2-3-7-29(27)37)35-43-30-10-21(15-45-16-25(39)17-45)9-22(12-40)32(30)50-35/h2-11,14,25-26,33,41,46-47H,13,15-20H2,1H3,(H,44,48). The Hall–Kier alpha value is -4.19. The zero-order valence-electron chi connectivity index (χ0n) is 27.1. The van der Waals surface area contributed by atoms with Crippen molar-refractivity contribution in [1.29, 1.82) is 5.26 Å². The summed E-state index contributed by atoms with van der Waals surface area (Å²) in [6, 6.07) is 13.9. The van der Waals surface area contributed by atoms with E-state index in [1.54, 1.807) is 48.6 Å². The van der Waals surface area contributed by atoms with Gasteiger partial charge in [0.1, 0.15) is 23.5 Å². The van der Waals surface area contributed by atoms with Crippen LogP contribution >= 0.6 is 23.2 Å². The highest BCUT2D eigenvalue weighted by atomic mass is 35.5. The second-order valence-corrected chi connectivity index (χ2v) is 13.1. The van der Waals surface area contributed by atoms with Crippen molar-refractivity contribution in [2.24, 2.45) is 0 Å². The third-order valence-corrected chi connectivity index (χ3v) is 9.70. The Labute approximate surface area is 298 Å². The van der Waals surface area contributed by atoms with Gasteiger partial charge < -0.3 is 30.0 Å². The molecule has 14 heteroatoms. The molecule has 3 heterocycles. The number of allylic oxidation sites excluding steroid dienone is 2. The van der Waals surface area contributed by atoms with Crippen LogP contribution in [0.15, 0.2) is 71.3 Å². The number of rotatable bonds is 13. The van der Waals surface area contributed by atoms with Crippen molar-refractivity contribution >= 4 is 45.8 Å². The summed E-state index contributed by atoms with van der Waals surface area (Å²) >= 11 is 13.9. The van der Waals surface area contributed by atoms with Gasteiger partial charge in [-0.15, -0.1) is 11.6 Å². The Balaban J connectivity index is 1.40. The minimum Gasteiger partial charge on any atom is -0.436 e. The van der Waals surface area contributed by atoms with Gasteiger partial charge in [-0.25, -0.2) is 9.37 Å². The highest BCUT2D eigenvalue weighted by Gasteiger charge is 2.47. The van der Waals surface area contributed by atoms with Crippen molar-refractivity contribution in [2.75, 3.05) is 33.4 Å². The quantitative estimate of drug-likeness (QED) is 0.146. The number of ether oxygens (including phenoxy) is 1. The van der Waals surface area contributed by atoms with E-state index in [-0.39, 0.29) is 49.1 Å². The van der Waals surface area contributed by atoms with Gasteiger partial charge >= 0.3 is 0 Å². The number of fused-ring (bicyclic) bond motifs is 1. The summed E-state index contributed by atoms with van der Waals surface area (Å²) in [6.45, 7) is 0.994. The molecule has 1 aliphatic carbocycles. The highest BCUT2D eigenvalue weighted by molar-refractivity contribution is 6.34. The number of benzene rings is 2. The lowest BCUT2D eigenvalue weighted by atomic mass is 9.82. The van der Waals surface area contributed by atoms with Crippen LogP contribution in [0.4, 0.5) is 4.39 Å². The number of alkyl halides is 2. The summed E-state index contributed by atoms with van der Waals surface area (Å²) in [7, 11) is 1.53. The van der Waals surface area contributed by atoms with Crippen LogP contribution in [0.3, 0.4) is 0 Å². The summed E-state index contributed by atoms with van der Waals surface area (Å²) in [6.07, 6.45) is 5.88. The summed E-state index contributed by atoms with van der Waals surface area (Å²) in [4.78, 5) is 25.3. The largest absolute Gasteiger partial charge is 0.436 e. The van der Waals surface area contributed by atoms with E-state index in [0.29, 0.717) is 52.4 Å². The lowest BCUT2D eigenvalue weighted by Gasteiger charge is -2.36. The first-order chi connectivity index (χ1) is 24.2. The first kappa shape index (κ1) is 35.6. The summed E-state index contributed by atoms with van der Waals surface area (Å²) in [5.74, 6) is -0.559. The number of halogens is 3. The van der Waals surface area contributed by atoms with Gasteiger partial charge in [0, 0.05) is 44.5 Å². The number of hydrogen-bond acceptors (Lipinski definition) is 10. The molecule has 2 atom stereocenters. The van der Waals surface area contributed by atoms with Crippen molar-refractivity contribution < 1.29 is 28.6 Å². The molecule has 50 heavy (non-hydrogen) atoms. The Morgan fingerprint density at radius 3 is 2.72 bits per heavy atom. The summed E-state index contributed by atoms with van der Waals surface area (Å²) in [5, 5.41) is 34.5. The monoisotopic (exact) mass is 720 g/mol. The third-order valence-electron chi connectivity index (χ3n) is 8.79. The number of aliphatic hydroxyl groups excluding tert-OH is 2. The molecule has 4 aromatic rings. The number of nitrogens with one attached hydrogen (secondary N) is 2. The maximum absolute atomic E-state index is 14.2. The van der Waals surface area contributed by atoms with Gasteiger partial charge in [0.05, 0.1) is 36.8 Å². The average Bonchev–Trinajstić information content (AvgIpc) is 3.54. The van der Waals surface area contributed by atoms with Crippen LogP contribution in [0.25, 0.3) is 16.7 Å². The predicted molar refractivity (Wildman–Crippen MR) is 186 cm³/mol. The summed E-state index contributed by atoms with van der Waals surface area (Å²) in [5.41, 5.74) is 2.71. The predicted octanol–water partition coefficient (Wildman–Crippen LogP) is 4.38. The number of nitriles is 1. The zero-order chi connectivity index (χ0) is 35.4. The lowest BCUT2D eigenvalue weighted by molar-refractivity contribution is 0.0591. The number of likely N-dealkylation sites (tertiary alicyclic amines) is 1. The SMILES string of the molecule is COCc1cc(C(=O)NC2(c3nc4cc(CN5CC(F)C5)cc(C#N)c4o3)C=CC=C(c3ccccc3Cl)C2Cl)ncc1CNC(CO)CO. The fourth-order valence-electron chi connectivity index (χ4n) is 6.11. The molecule has 0 saturated carbocycles. The zero-order valence-corrected chi connectivity index (χ0v) is 28.6. The number of aliphatic hydroxyl groups is 2. The minimum atomic E-state index is -1.58. The van der Waals surface area contributed by atoms with Gasteiger partial charge in [-0.05, 0) is 58.2 Å². The molecule has 1 saturated heterocycles. The van der Waals surface area contributed by atoms with Gasteiger partial charge in [-0.1, -0.05) is 42.0 Å². The molecule has 1 fully saturated rings. The molecule has 0 spiro atoms. The van der Waals surface area contributed by atoms with Gasteiger partial charge in [0.15, 0.2) is 11.1 Å². The molecular formula is C36H35Cl2FN6O5. The molecule has 11 nitrogen and oxygen atoms in total. The molecule has 4 N–H and O–H groups in total. The van der Waals surface area contributed by atoms with Crippen LogP contribution in [0, 0.1) is 11.3 Å². The first-order valence-corrected chi connectivity index (χ1v) is 16.7. The second kappa shape index (κ2) is 15.4. The molecule has 0 radical (unpaired) electrons. The van der Waals surface area contributed by atoms with Crippen LogP contribution in [0.2, 0.25) is 5.02 Å². The van der Waals surface area contributed by atoms with Crippen molar-refractivity contribution in [3.63, 3.8) is 0 Å². The molecule has 2 aromatic heterocycles. The average molecular weight is 722 g/mol. The first-order valence-electron chi connectivity index (χ1n) is 15.9. The van der Waals surface area contributed by atoms with Crippen molar-refractivity contribution in [3.8, 4) is 6.07 Å². The molecule has 0 bridgehead atoms. The van der Waals surface area contributed by atoms with E-state index in [0.717, 1.165) is 5.56 Å². The number of oxazole rings is 1. The van der Waals surface area contributed by atoms with E-state index in [9.17, 15) is 24.7 Å². The number of amides is 1. The number of carbonyl (C=O) groups is 1. The number of carbonyl (C=O) groups excluding carboxylic acids is 1. The lowest BCUT2D eigenvalue weighted by Crippen LogP contribution is -2.52.